The molecule has 2 saturated heterocycles. The quantitative estimate of drug-likeness (QED) is 0.351. The van der Waals surface area contributed by atoms with E-state index in [0.717, 1.165) is 15.3 Å². The van der Waals surface area contributed by atoms with E-state index in [1.807, 2.05) is 41.1 Å². The molecule has 204 valence electrons. The van der Waals surface area contributed by atoms with Gasteiger partial charge >= 0.3 is 0 Å². The number of likely N-dealkylation sites (tertiary alicyclic amines) is 2. The predicted molar refractivity (Wildman–Crippen MR) is 145 cm³/mol. The number of amides is 4. The molecule has 3 aromatic rings. The Bertz CT molecular complexity index is 1570. The van der Waals surface area contributed by atoms with Crippen molar-refractivity contribution in [3.63, 3.8) is 0 Å². The van der Waals surface area contributed by atoms with E-state index in [1.54, 1.807) is 6.07 Å². The Kier molecular flexibility index (Phi) is 6.01. The van der Waals surface area contributed by atoms with Crippen LogP contribution in [0, 0.1) is 35.4 Å². The number of allylic oxidation sites excluding steroid dienone is 2. The lowest BCUT2D eigenvalue weighted by molar-refractivity contribution is -0.142. The van der Waals surface area contributed by atoms with E-state index in [-0.39, 0.29) is 43.1 Å². The van der Waals surface area contributed by atoms with Gasteiger partial charge in [0.15, 0.2) is 11.6 Å². The van der Waals surface area contributed by atoms with E-state index in [4.69, 9.17) is 0 Å². The van der Waals surface area contributed by atoms with Crippen molar-refractivity contribution in [2.24, 2.45) is 29.6 Å². The number of phenols is 1. The number of carbonyl (C=O) groups excluding carboxylic acids is 4. The predicted octanol–water partition coefficient (Wildman–Crippen LogP) is 4.69. The van der Waals surface area contributed by atoms with Gasteiger partial charge in [-0.05, 0) is 59.3 Å². The number of carbonyl (C=O) groups is 4. The number of rotatable bonds is 5. The second-order valence-electron chi connectivity index (χ2n) is 10.9. The molecule has 1 N–H and O–H groups in total. The molecule has 4 heterocycles. The molecule has 4 aliphatic rings. The molecule has 1 aromatic carbocycles. The van der Waals surface area contributed by atoms with Gasteiger partial charge in [-0.2, -0.15) is 0 Å². The summed E-state index contributed by atoms with van der Waals surface area (Å²) in [5.74, 6) is -6.03. The fraction of sp³-hybridized carbons (Fsp3) is 0.333. The van der Waals surface area contributed by atoms with Crippen LogP contribution in [0.15, 0.2) is 64.9 Å². The molecular formula is C30H25FN2O5S2. The number of halogens is 1. The summed E-state index contributed by atoms with van der Waals surface area (Å²) >= 11 is 2.94. The lowest BCUT2D eigenvalue weighted by atomic mass is 9.57. The molecule has 7 nitrogen and oxygen atoms in total. The Morgan fingerprint density at radius 3 is 2.02 bits per heavy atom. The van der Waals surface area contributed by atoms with Crippen LogP contribution in [-0.2, 0) is 32.3 Å². The highest BCUT2D eigenvalue weighted by molar-refractivity contribution is 7.10. The number of thiophene rings is 2. The van der Waals surface area contributed by atoms with Gasteiger partial charge in [0.2, 0.25) is 23.6 Å². The highest BCUT2D eigenvalue weighted by atomic mass is 32.1. The summed E-state index contributed by atoms with van der Waals surface area (Å²) < 4.78 is 14.6. The first kappa shape index (κ1) is 25.3. The summed E-state index contributed by atoms with van der Waals surface area (Å²) in [6, 6.07) is 11.6. The summed E-state index contributed by atoms with van der Waals surface area (Å²) in [7, 11) is 0. The number of aromatic hydroxyl groups is 1. The topological polar surface area (TPSA) is 95.0 Å². The van der Waals surface area contributed by atoms with Gasteiger partial charge in [-0.3, -0.25) is 29.0 Å². The number of benzene rings is 1. The van der Waals surface area contributed by atoms with Crippen molar-refractivity contribution >= 4 is 46.3 Å². The minimum Gasteiger partial charge on any atom is -0.505 e. The van der Waals surface area contributed by atoms with Crippen molar-refractivity contribution in [1.29, 1.82) is 0 Å². The zero-order valence-corrected chi connectivity index (χ0v) is 22.9. The van der Waals surface area contributed by atoms with E-state index in [2.05, 4.69) is 0 Å². The van der Waals surface area contributed by atoms with E-state index in [0.29, 0.717) is 12.0 Å². The number of hydrogen-bond donors (Lipinski definition) is 1. The second kappa shape index (κ2) is 9.49. The number of imide groups is 2. The van der Waals surface area contributed by atoms with Gasteiger partial charge in [0.25, 0.3) is 0 Å². The Morgan fingerprint density at radius 1 is 0.800 bits per heavy atom. The molecule has 2 aliphatic heterocycles. The van der Waals surface area contributed by atoms with Gasteiger partial charge in [-0.1, -0.05) is 29.8 Å². The lowest BCUT2D eigenvalue weighted by Gasteiger charge is -2.44. The summed E-state index contributed by atoms with van der Waals surface area (Å²) in [6.07, 6.45) is 2.57. The van der Waals surface area contributed by atoms with Crippen LogP contribution in [0.5, 0.6) is 5.75 Å². The number of nitrogens with zero attached hydrogens (tertiary/aromatic N) is 2. The van der Waals surface area contributed by atoms with Crippen molar-refractivity contribution in [2.75, 3.05) is 0 Å². The second-order valence-corrected chi connectivity index (χ2v) is 13.0. The fourth-order valence-corrected chi connectivity index (χ4v) is 8.62. The Labute approximate surface area is 237 Å². The Morgan fingerprint density at radius 2 is 1.43 bits per heavy atom. The smallest absolute Gasteiger partial charge is 0.234 e. The zero-order chi connectivity index (χ0) is 27.7. The molecule has 10 heteroatoms. The molecule has 0 bridgehead atoms. The van der Waals surface area contributed by atoms with Crippen LogP contribution < -0.4 is 0 Å². The van der Waals surface area contributed by atoms with Crippen LogP contribution in [0.25, 0.3) is 0 Å². The first-order valence-corrected chi connectivity index (χ1v) is 15.0. The van der Waals surface area contributed by atoms with Crippen molar-refractivity contribution in [3.8, 4) is 5.75 Å². The Hall–Kier alpha value is -3.63. The minimum atomic E-state index is -0.813. The number of phenolic OH excluding ortho intramolecular Hbond substituents is 1. The molecule has 40 heavy (non-hydrogen) atoms. The maximum Gasteiger partial charge on any atom is 0.234 e. The molecule has 7 rings (SSSR count). The third kappa shape index (κ3) is 3.80. The molecule has 0 unspecified atom stereocenters. The molecule has 2 aliphatic carbocycles. The summed E-state index contributed by atoms with van der Waals surface area (Å²) in [4.78, 5) is 59.3. The summed E-state index contributed by atoms with van der Waals surface area (Å²) in [5, 5.41) is 13.7. The lowest BCUT2D eigenvalue weighted by Crippen LogP contribution is -2.43. The van der Waals surface area contributed by atoms with E-state index in [9.17, 15) is 28.7 Å². The van der Waals surface area contributed by atoms with Crippen molar-refractivity contribution in [3.05, 3.63) is 86.0 Å². The molecule has 1 saturated carbocycles. The van der Waals surface area contributed by atoms with Crippen LogP contribution in [0.1, 0.15) is 34.1 Å². The molecule has 0 spiro atoms. The largest absolute Gasteiger partial charge is 0.505 e. The van der Waals surface area contributed by atoms with Gasteiger partial charge in [-0.15, -0.1) is 22.7 Å². The summed E-state index contributed by atoms with van der Waals surface area (Å²) in [5.41, 5.74) is 1.29. The maximum atomic E-state index is 14.6. The molecule has 4 amide bonds. The van der Waals surface area contributed by atoms with Gasteiger partial charge < -0.3 is 5.11 Å². The SMILES string of the molecule is O=C1[C@H]2[C@H](CC=C3[C@H]2C[C@H]2C(=O)N(Cc4cccs4)C(=O)[C@H]2[C@H]3c2ccc(O)c(F)c2)C(=O)N1Cc1cccs1. The molecule has 6 atom stereocenters. The van der Waals surface area contributed by atoms with Crippen LogP contribution in [0.2, 0.25) is 0 Å². The molecular weight excluding hydrogens is 551 g/mol. The third-order valence-electron chi connectivity index (χ3n) is 8.95. The normalized spacial score (nSPS) is 29.5. The van der Waals surface area contributed by atoms with Crippen LogP contribution in [0.3, 0.4) is 0 Å². The molecule has 2 aromatic heterocycles. The molecule has 0 radical (unpaired) electrons. The number of fused-ring (bicyclic) bond motifs is 4. The highest BCUT2D eigenvalue weighted by Crippen LogP contribution is 2.58. The third-order valence-corrected chi connectivity index (χ3v) is 10.7. The monoisotopic (exact) mass is 576 g/mol. The van der Waals surface area contributed by atoms with Crippen LogP contribution >= 0.6 is 22.7 Å². The Balaban J connectivity index is 1.29. The van der Waals surface area contributed by atoms with Crippen LogP contribution in [-0.4, -0.2) is 38.5 Å². The van der Waals surface area contributed by atoms with E-state index in [1.165, 1.54) is 44.6 Å². The van der Waals surface area contributed by atoms with Gasteiger partial charge in [0, 0.05) is 15.7 Å². The first-order valence-electron chi connectivity index (χ1n) is 13.3. The van der Waals surface area contributed by atoms with E-state index < -0.39 is 47.1 Å². The van der Waals surface area contributed by atoms with Gasteiger partial charge in [0.1, 0.15) is 0 Å². The van der Waals surface area contributed by atoms with Crippen molar-refractivity contribution in [1.82, 2.24) is 9.80 Å². The number of hydrogen-bond acceptors (Lipinski definition) is 7. The average molecular weight is 577 g/mol. The maximum absolute atomic E-state index is 14.6. The standard InChI is InChI=1S/C30H25FN2O5S2/c31-22-11-15(5-8-23(22)34)24-18-6-7-19-25(29(37)32(27(19)35)13-16-3-1-9-39-16)20(18)12-21-26(24)30(38)33(28(21)36)14-17-4-2-10-40-17/h1-6,8-11,19-21,24-26,34H,7,12-14H2/t19-,20+,21+,24-,25-,26+/m0/s1. The zero-order valence-electron chi connectivity index (χ0n) is 21.2. The van der Waals surface area contributed by atoms with E-state index >= 15 is 0 Å². The molecule has 3 fully saturated rings. The average Bonchev–Trinajstić information content (AvgIpc) is 3.74. The van der Waals surface area contributed by atoms with Crippen molar-refractivity contribution in [2.45, 2.75) is 31.8 Å². The van der Waals surface area contributed by atoms with Gasteiger partial charge in [0.05, 0.1) is 36.8 Å². The minimum absolute atomic E-state index is 0.167. The fourth-order valence-electron chi connectivity index (χ4n) is 7.24. The first-order chi connectivity index (χ1) is 19.3. The van der Waals surface area contributed by atoms with Crippen LogP contribution in [0.4, 0.5) is 4.39 Å². The highest BCUT2D eigenvalue weighted by Gasteiger charge is 2.61. The summed E-state index contributed by atoms with van der Waals surface area (Å²) in [6.45, 7) is 0.385. The van der Waals surface area contributed by atoms with Crippen molar-refractivity contribution < 1.29 is 28.7 Å². The van der Waals surface area contributed by atoms with Gasteiger partial charge in [-0.25, -0.2) is 4.39 Å².